The first kappa shape index (κ1) is 26.6. The van der Waals surface area contributed by atoms with Gasteiger partial charge in [-0.3, -0.25) is 0 Å². The monoisotopic (exact) mass is 550 g/mol. The minimum absolute atomic E-state index is 0.0263. The van der Waals surface area contributed by atoms with E-state index in [0.29, 0.717) is 23.5 Å². The topological polar surface area (TPSA) is 74.8 Å². The van der Waals surface area contributed by atoms with Crippen LogP contribution in [0.4, 0.5) is 31.8 Å². The number of aromatic nitrogens is 2. The van der Waals surface area contributed by atoms with Crippen LogP contribution in [0.3, 0.4) is 0 Å². The van der Waals surface area contributed by atoms with Crippen LogP contribution < -0.4 is 29.9 Å². The number of hydrogen-bond acceptors (Lipinski definition) is 8. The van der Waals surface area contributed by atoms with Crippen LogP contribution in [0, 0.1) is 11.6 Å². The SMILES string of the molecule is COc1cc(Nc2ncc(F)c(-c3cc(F)c4c(c3)N(C(C)C)C3(CCCC3)CO4)n2)ccc1N1CCNCC1. The average Bonchev–Trinajstić information content (AvgIpc) is 3.42. The lowest BCUT2D eigenvalue weighted by Gasteiger charge is -2.49. The fourth-order valence-electron chi connectivity index (χ4n) is 6.49. The number of nitrogens with zero attached hydrogens (tertiary/aromatic N) is 4. The Balaban J connectivity index is 1.32. The fourth-order valence-corrected chi connectivity index (χ4v) is 6.49. The number of fused-ring (bicyclic) bond motifs is 1. The zero-order valence-corrected chi connectivity index (χ0v) is 23.3. The van der Waals surface area contributed by atoms with Crippen molar-refractivity contribution in [2.75, 3.05) is 55.0 Å². The highest BCUT2D eigenvalue weighted by atomic mass is 19.1. The summed E-state index contributed by atoms with van der Waals surface area (Å²) < 4.78 is 42.2. The van der Waals surface area contributed by atoms with E-state index in [-0.39, 0.29) is 29.0 Å². The first-order valence-electron chi connectivity index (χ1n) is 14.1. The van der Waals surface area contributed by atoms with Gasteiger partial charge in [-0.05, 0) is 51.0 Å². The number of benzene rings is 2. The van der Waals surface area contributed by atoms with E-state index >= 15 is 8.78 Å². The molecule has 0 amide bonds. The molecule has 1 saturated carbocycles. The standard InChI is InChI=1S/C30H36F2N6O2/c1-19(2)38-25-15-20(14-22(31)28(25)40-18-30(38)8-4-5-9-30)27-23(32)17-34-29(36-27)35-21-6-7-24(26(16-21)39-3)37-12-10-33-11-13-37/h6-7,14-17,19,33H,4-5,8-13,18H2,1-3H3,(H,34,35,36). The van der Waals surface area contributed by atoms with Crippen LogP contribution in [0.1, 0.15) is 39.5 Å². The maximum atomic E-state index is 15.4. The molecule has 2 aromatic carbocycles. The molecule has 3 heterocycles. The number of hydrogen-bond donors (Lipinski definition) is 2. The van der Waals surface area contributed by atoms with Crippen molar-refractivity contribution in [1.29, 1.82) is 0 Å². The van der Waals surface area contributed by atoms with Gasteiger partial charge in [0.05, 0.1) is 30.2 Å². The first-order valence-corrected chi connectivity index (χ1v) is 14.1. The highest BCUT2D eigenvalue weighted by Gasteiger charge is 2.46. The van der Waals surface area contributed by atoms with Crippen molar-refractivity contribution in [1.82, 2.24) is 15.3 Å². The number of halogens is 2. The number of piperazine rings is 1. The van der Waals surface area contributed by atoms with Gasteiger partial charge in [-0.1, -0.05) is 12.8 Å². The van der Waals surface area contributed by atoms with Crippen LogP contribution in [0.5, 0.6) is 11.5 Å². The maximum absolute atomic E-state index is 15.4. The Kier molecular flexibility index (Phi) is 7.12. The van der Waals surface area contributed by atoms with Crippen LogP contribution in [0.25, 0.3) is 11.3 Å². The largest absolute Gasteiger partial charge is 0.495 e. The molecule has 0 unspecified atom stereocenters. The van der Waals surface area contributed by atoms with Gasteiger partial charge in [0.25, 0.3) is 0 Å². The summed E-state index contributed by atoms with van der Waals surface area (Å²) in [6.45, 7) is 8.29. The van der Waals surface area contributed by atoms with Gasteiger partial charge in [0.2, 0.25) is 5.95 Å². The van der Waals surface area contributed by atoms with Crippen LogP contribution in [0.15, 0.2) is 36.5 Å². The van der Waals surface area contributed by atoms with Crippen LogP contribution in [0.2, 0.25) is 0 Å². The highest BCUT2D eigenvalue weighted by Crippen LogP contribution is 2.49. The van der Waals surface area contributed by atoms with E-state index in [1.807, 2.05) is 18.2 Å². The van der Waals surface area contributed by atoms with E-state index in [1.165, 1.54) is 6.07 Å². The Bertz CT molecular complexity index is 1390. The number of rotatable bonds is 6. The second kappa shape index (κ2) is 10.7. The number of anilines is 4. The molecule has 1 spiro atoms. The molecule has 0 atom stereocenters. The molecule has 1 saturated heterocycles. The van der Waals surface area contributed by atoms with E-state index in [2.05, 4.69) is 44.2 Å². The molecular weight excluding hydrogens is 514 g/mol. The fraction of sp³-hybridized carbons (Fsp3) is 0.467. The minimum atomic E-state index is -0.625. The summed E-state index contributed by atoms with van der Waals surface area (Å²) in [4.78, 5) is 13.2. The lowest BCUT2D eigenvalue weighted by Crippen LogP contribution is -2.57. The van der Waals surface area contributed by atoms with Gasteiger partial charge in [-0.2, -0.15) is 0 Å². The Morgan fingerprint density at radius 3 is 2.55 bits per heavy atom. The third-order valence-electron chi connectivity index (χ3n) is 8.24. The van der Waals surface area contributed by atoms with Crippen molar-refractivity contribution in [3.8, 4) is 22.8 Å². The van der Waals surface area contributed by atoms with E-state index in [9.17, 15) is 0 Å². The summed E-state index contributed by atoms with van der Waals surface area (Å²) in [6.07, 6.45) is 5.32. The molecule has 0 bridgehead atoms. The van der Waals surface area contributed by atoms with Gasteiger partial charge in [-0.15, -0.1) is 0 Å². The molecular formula is C30H36F2N6O2. The molecule has 0 radical (unpaired) electrons. The predicted octanol–water partition coefficient (Wildman–Crippen LogP) is 5.50. The molecule has 40 heavy (non-hydrogen) atoms. The van der Waals surface area contributed by atoms with Crippen molar-refractivity contribution >= 4 is 23.0 Å². The summed E-state index contributed by atoms with van der Waals surface area (Å²) in [7, 11) is 1.64. The molecule has 1 aromatic heterocycles. The summed E-state index contributed by atoms with van der Waals surface area (Å²) >= 11 is 0. The first-order chi connectivity index (χ1) is 19.4. The molecule has 8 nitrogen and oxygen atoms in total. The number of methoxy groups -OCH3 is 1. The maximum Gasteiger partial charge on any atom is 0.227 e. The summed E-state index contributed by atoms with van der Waals surface area (Å²) in [6, 6.07) is 9.02. The van der Waals surface area contributed by atoms with E-state index in [1.54, 1.807) is 13.2 Å². The third kappa shape index (κ3) is 4.78. The lowest BCUT2D eigenvalue weighted by atomic mass is 9.91. The van der Waals surface area contributed by atoms with Gasteiger partial charge in [0.1, 0.15) is 18.1 Å². The van der Waals surface area contributed by atoms with Gasteiger partial charge < -0.3 is 29.9 Å². The normalized spacial score (nSPS) is 18.1. The quantitative estimate of drug-likeness (QED) is 0.417. The molecule has 1 aliphatic carbocycles. The van der Waals surface area contributed by atoms with Gasteiger partial charge >= 0.3 is 0 Å². The number of nitrogens with one attached hydrogen (secondary N) is 2. The molecule has 212 valence electrons. The lowest BCUT2D eigenvalue weighted by molar-refractivity contribution is 0.175. The average molecular weight is 551 g/mol. The van der Waals surface area contributed by atoms with Crippen LogP contribution >= 0.6 is 0 Å². The Hall–Kier alpha value is -3.66. The molecule has 2 N–H and O–H groups in total. The van der Waals surface area contributed by atoms with Gasteiger partial charge in [-0.25, -0.2) is 18.7 Å². The molecule has 3 aromatic rings. The van der Waals surface area contributed by atoms with Crippen LogP contribution in [-0.4, -0.2) is 61.4 Å². The zero-order chi connectivity index (χ0) is 27.9. The van der Waals surface area contributed by atoms with Gasteiger partial charge in [0, 0.05) is 49.5 Å². The predicted molar refractivity (Wildman–Crippen MR) is 153 cm³/mol. The smallest absolute Gasteiger partial charge is 0.227 e. The molecule has 10 heteroatoms. The molecule has 3 aliphatic rings. The second-order valence-electron chi connectivity index (χ2n) is 11.1. The second-order valence-corrected chi connectivity index (χ2v) is 11.1. The Morgan fingerprint density at radius 2 is 1.82 bits per heavy atom. The van der Waals surface area contributed by atoms with E-state index in [4.69, 9.17) is 9.47 Å². The van der Waals surface area contributed by atoms with Crippen molar-refractivity contribution in [2.24, 2.45) is 0 Å². The molecule has 2 aliphatic heterocycles. The van der Waals surface area contributed by atoms with Crippen molar-refractivity contribution in [3.63, 3.8) is 0 Å². The van der Waals surface area contributed by atoms with E-state index < -0.39 is 11.6 Å². The van der Waals surface area contributed by atoms with Crippen molar-refractivity contribution in [3.05, 3.63) is 48.2 Å². The zero-order valence-electron chi connectivity index (χ0n) is 23.3. The minimum Gasteiger partial charge on any atom is -0.495 e. The van der Waals surface area contributed by atoms with Gasteiger partial charge in [0.15, 0.2) is 17.4 Å². The third-order valence-corrected chi connectivity index (χ3v) is 8.24. The molecule has 2 fully saturated rings. The Labute approximate surface area is 233 Å². The summed E-state index contributed by atoms with van der Waals surface area (Å²) in [5.41, 5.74) is 2.57. The molecule has 6 rings (SSSR count). The number of ether oxygens (including phenoxy) is 2. The van der Waals surface area contributed by atoms with Crippen LogP contribution in [-0.2, 0) is 0 Å². The summed E-state index contributed by atoms with van der Waals surface area (Å²) in [5.74, 6) is 0.00232. The van der Waals surface area contributed by atoms with Crippen molar-refractivity contribution < 1.29 is 18.3 Å². The summed E-state index contributed by atoms with van der Waals surface area (Å²) in [5, 5.41) is 6.52. The van der Waals surface area contributed by atoms with E-state index in [0.717, 1.165) is 69.5 Å². The highest BCUT2D eigenvalue weighted by molar-refractivity contribution is 5.74. The Morgan fingerprint density at radius 1 is 1.05 bits per heavy atom. The van der Waals surface area contributed by atoms with Crippen molar-refractivity contribution in [2.45, 2.75) is 51.1 Å².